The van der Waals surface area contributed by atoms with E-state index in [9.17, 15) is 16.8 Å². The van der Waals surface area contributed by atoms with Gasteiger partial charge >= 0.3 is 0 Å². The second-order valence-electron chi connectivity index (χ2n) is 6.72. The maximum atomic E-state index is 13.0. The number of ether oxygens (including phenoxy) is 1. The van der Waals surface area contributed by atoms with Gasteiger partial charge in [-0.15, -0.1) is 0 Å². The molecule has 2 aromatic rings. The molecule has 146 valence electrons. The Balaban J connectivity index is 1.88. The van der Waals surface area contributed by atoms with Gasteiger partial charge in [-0.25, -0.2) is 16.8 Å². The highest BCUT2D eigenvalue weighted by molar-refractivity contribution is 7.92. The maximum absolute atomic E-state index is 13.0. The van der Waals surface area contributed by atoms with Crippen LogP contribution in [-0.4, -0.2) is 46.6 Å². The number of hydrogen-bond acceptors (Lipinski definition) is 5. The highest BCUT2D eigenvalue weighted by Crippen LogP contribution is 2.31. The fraction of sp³-hybridized carbons (Fsp3) is 0.368. The van der Waals surface area contributed by atoms with Crippen molar-refractivity contribution >= 4 is 19.9 Å². The molecule has 3 rings (SSSR count). The van der Waals surface area contributed by atoms with E-state index in [4.69, 9.17) is 4.74 Å². The molecular weight excluding hydrogens is 386 g/mol. The molecule has 0 bridgehead atoms. The Morgan fingerprint density at radius 1 is 0.963 bits per heavy atom. The monoisotopic (exact) mass is 409 g/mol. The van der Waals surface area contributed by atoms with E-state index in [0.29, 0.717) is 5.75 Å². The van der Waals surface area contributed by atoms with Gasteiger partial charge in [-0.3, -0.25) is 0 Å². The van der Waals surface area contributed by atoms with E-state index in [-0.39, 0.29) is 29.3 Å². The predicted molar refractivity (Wildman–Crippen MR) is 103 cm³/mol. The summed E-state index contributed by atoms with van der Waals surface area (Å²) >= 11 is 0. The van der Waals surface area contributed by atoms with E-state index < -0.39 is 25.1 Å². The van der Waals surface area contributed by atoms with Gasteiger partial charge in [0.2, 0.25) is 10.0 Å². The first-order valence-corrected chi connectivity index (χ1v) is 11.6. The number of sulfone groups is 1. The molecule has 1 saturated heterocycles. The first kappa shape index (κ1) is 19.9. The van der Waals surface area contributed by atoms with Crippen LogP contribution in [0.2, 0.25) is 0 Å². The maximum Gasteiger partial charge on any atom is 0.243 e. The van der Waals surface area contributed by atoms with Crippen LogP contribution in [-0.2, 0) is 19.9 Å². The lowest BCUT2D eigenvalue weighted by Crippen LogP contribution is -2.32. The quantitative estimate of drug-likeness (QED) is 0.758. The number of hydrogen-bond donors (Lipinski definition) is 0. The minimum atomic E-state index is -3.77. The molecule has 0 saturated carbocycles. The molecule has 2 aromatic carbocycles. The van der Waals surface area contributed by atoms with Crippen LogP contribution in [0.4, 0.5) is 0 Å². The van der Waals surface area contributed by atoms with E-state index >= 15 is 0 Å². The first-order valence-electron chi connectivity index (χ1n) is 8.62. The predicted octanol–water partition coefficient (Wildman–Crippen LogP) is 2.55. The summed E-state index contributed by atoms with van der Waals surface area (Å²) in [5, 5.41) is -0.741. The minimum Gasteiger partial charge on any atom is -0.496 e. The molecule has 1 unspecified atom stereocenters. The van der Waals surface area contributed by atoms with E-state index in [1.807, 2.05) is 0 Å². The summed E-state index contributed by atoms with van der Waals surface area (Å²) in [6.45, 7) is 3.72. The average molecular weight is 410 g/mol. The van der Waals surface area contributed by atoms with Gasteiger partial charge in [0, 0.05) is 13.1 Å². The van der Waals surface area contributed by atoms with E-state index in [1.54, 1.807) is 63.4 Å². The highest BCUT2D eigenvalue weighted by atomic mass is 32.2. The Hall–Kier alpha value is -1.90. The Bertz CT molecular complexity index is 1020. The van der Waals surface area contributed by atoms with Gasteiger partial charge in [0.1, 0.15) is 5.75 Å². The summed E-state index contributed by atoms with van der Waals surface area (Å²) in [7, 11) is -5.79. The zero-order valence-corrected chi connectivity index (χ0v) is 17.2. The molecule has 1 atom stereocenters. The van der Waals surface area contributed by atoms with Crippen LogP contribution in [0.25, 0.3) is 0 Å². The summed E-state index contributed by atoms with van der Waals surface area (Å²) in [5.41, 5.74) is 1.45. The van der Waals surface area contributed by atoms with Crippen molar-refractivity contribution in [3.8, 4) is 5.75 Å². The minimum absolute atomic E-state index is 0.0380. The van der Waals surface area contributed by atoms with Crippen LogP contribution < -0.4 is 4.74 Å². The van der Waals surface area contributed by atoms with Gasteiger partial charge in [0.15, 0.2) is 9.84 Å². The molecule has 1 aliphatic rings. The van der Waals surface area contributed by atoms with Crippen molar-refractivity contribution in [2.75, 3.05) is 20.2 Å². The molecule has 1 aliphatic heterocycles. The number of sulfonamides is 1. The number of nitrogens with zero attached hydrogens (tertiary/aromatic N) is 1. The normalized spacial score (nSPS) is 18.6. The van der Waals surface area contributed by atoms with Crippen LogP contribution in [0.1, 0.15) is 17.5 Å². The molecule has 1 heterocycles. The number of aryl methyl sites for hydroxylation is 2. The first-order chi connectivity index (χ1) is 12.7. The fourth-order valence-electron chi connectivity index (χ4n) is 3.50. The Morgan fingerprint density at radius 3 is 2.11 bits per heavy atom. The molecule has 0 aliphatic carbocycles. The third-order valence-corrected chi connectivity index (χ3v) is 8.93. The summed E-state index contributed by atoms with van der Waals surface area (Å²) in [6.07, 6.45) is 0.282. The third-order valence-electron chi connectivity index (χ3n) is 4.89. The van der Waals surface area contributed by atoms with Gasteiger partial charge in [-0.05, 0) is 55.7 Å². The Morgan fingerprint density at radius 2 is 1.56 bits per heavy atom. The van der Waals surface area contributed by atoms with Crippen molar-refractivity contribution in [3.05, 3.63) is 53.6 Å². The van der Waals surface area contributed by atoms with Gasteiger partial charge in [-0.2, -0.15) is 4.31 Å². The Labute approximate surface area is 160 Å². The summed E-state index contributed by atoms with van der Waals surface area (Å²) in [4.78, 5) is 0.390. The SMILES string of the molecule is COc1c(C)cc(S(=O)(=O)N2CCC(S(=O)(=O)c3ccccc3)C2)cc1C. The van der Waals surface area contributed by atoms with Crippen molar-refractivity contribution in [1.82, 2.24) is 4.31 Å². The van der Waals surface area contributed by atoms with E-state index in [2.05, 4.69) is 0 Å². The third kappa shape index (κ3) is 3.61. The lowest BCUT2D eigenvalue weighted by Gasteiger charge is -2.19. The van der Waals surface area contributed by atoms with Crippen LogP contribution in [0.3, 0.4) is 0 Å². The number of methoxy groups -OCH3 is 1. The second kappa shape index (κ2) is 7.26. The standard InChI is InChI=1S/C19H23NO5S2/c1-14-11-18(12-15(2)19(14)25-3)27(23,24)20-10-9-17(13-20)26(21,22)16-7-5-4-6-8-16/h4-8,11-12,17H,9-10,13H2,1-3H3. The average Bonchev–Trinajstić information content (AvgIpc) is 3.14. The highest BCUT2D eigenvalue weighted by Gasteiger charge is 2.39. The number of benzene rings is 2. The van der Waals surface area contributed by atoms with Crippen molar-refractivity contribution in [3.63, 3.8) is 0 Å². The largest absolute Gasteiger partial charge is 0.496 e. The summed E-state index contributed by atoms with van der Waals surface area (Å²) in [5.74, 6) is 0.653. The molecule has 8 heteroatoms. The molecule has 1 fully saturated rings. The lowest BCUT2D eigenvalue weighted by molar-refractivity contribution is 0.408. The van der Waals surface area contributed by atoms with E-state index in [0.717, 1.165) is 11.1 Å². The van der Waals surface area contributed by atoms with E-state index in [1.165, 1.54) is 4.31 Å². The topological polar surface area (TPSA) is 80.8 Å². The molecule has 0 aromatic heterocycles. The summed E-state index contributed by atoms with van der Waals surface area (Å²) in [6, 6.07) is 11.3. The van der Waals surface area contributed by atoms with Gasteiger partial charge in [0.05, 0.1) is 22.2 Å². The number of rotatable bonds is 5. The molecule has 0 spiro atoms. The van der Waals surface area contributed by atoms with Crippen molar-refractivity contribution in [2.45, 2.75) is 35.3 Å². The molecule has 6 nitrogen and oxygen atoms in total. The molecule has 0 amide bonds. The van der Waals surface area contributed by atoms with Crippen LogP contribution in [0.15, 0.2) is 52.3 Å². The van der Waals surface area contributed by atoms with Crippen LogP contribution in [0.5, 0.6) is 5.75 Å². The lowest BCUT2D eigenvalue weighted by atomic mass is 10.1. The van der Waals surface area contributed by atoms with Gasteiger partial charge < -0.3 is 4.74 Å². The summed E-state index contributed by atoms with van der Waals surface area (Å²) < 4.78 is 58.2. The smallest absolute Gasteiger partial charge is 0.243 e. The van der Waals surface area contributed by atoms with Crippen molar-refractivity contribution < 1.29 is 21.6 Å². The van der Waals surface area contributed by atoms with Crippen LogP contribution in [0, 0.1) is 13.8 Å². The van der Waals surface area contributed by atoms with Gasteiger partial charge in [-0.1, -0.05) is 18.2 Å². The Kier molecular flexibility index (Phi) is 5.33. The fourth-order valence-corrected chi connectivity index (χ4v) is 6.98. The zero-order chi connectivity index (χ0) is 19.8. The van der Waals surface area contributed by atoms with Crippen LogP contribution >= 0.6 is 0 Å². The molecule has 27 heavy (non-hydrogen) atoms. The van der Waals surface area contributed by atoms with Crippen molar-refractivity contribution in [2.24, 2.45) is 0 Å². The molecule has 0 radical (unpaired) electrons. The molecular formula is C19H23NO5S2. The molecule has 0 N–H and O–H groups in total. The van der Waals surface area contributed by atoms with Gasteiger partial charge in [0.25, 0.3) is 0 Å². The van der Waals surface area contributed by atoms with Crippen molar-refractivity contribution in [1.29, 1.82) is 0 Å². The second-order valence-corrected chi connectivity index (χ2v) is 10.9. The zero-order valence-electron chi connectivity index (χ0n) is 15.5.